The average molecular weight is 343 g/mol. The Bertz CT molecular complexity index is 842. The maximum atomic E-state index is 12.1. The molecular formula is C18H21N3O4. The van der Waals surface area contributed by atoms with E-state index in [2.05, 4.69) is 15.5 Å². The van der Waals surface area contributed by atoms with E-state index < -0.39 is 5.97 Å². The van der Waals surface area contributed by atoms with Crippen molar-refractivity contribution in [2.75, 3.05) is 0 Å². The van der Waals surface area contributed by atoms with E-state index in [9.17, 15) is 14.4 Å². The maximum Gasteiger partial charge on any atom is 0.335 e. The van der Waals surface area contributed by atoms with Crippen molar-refractivity contribution >= 4 is 11.9 Å². The number of amides is 1. The number of hydrogen-bond acceptors (Lipinski definition) is 4. The van der Waals surface area contributed by atoms with Gasteiger partial charge in [-0.25, -0.2) is 9.89 Å². The van der Waals surface area contributed by atoms with Crippen LogP contribution in [0.1, 0.15) is 46.6 Å². The van der Waals surface area contributed by atoms with E-state index in [0.29, 0.717) is 24.0 Å². The average Bonchev–Trinajstić information content (AvgIpc) is 2.60. The molecule has 2 aromatic rings. The summed E-state index contributed by atoms with van der Waals surface area (Å²) < 4.78 is 0. The lowest BCUT2D eigenvalue weighted by Crippen LogP contribution is -2.30. The minimum Gasteiger partial charge on any atom is -0.478 e. The Kier molecular flexibility index (Phi) is 6.05. The highest BCUT2D eigenvalue weighted by Crippen LogP contribution is 2.10. The third-order valence-corrected chi connectivity index (χ3v) is 3.97. The summed E-state index contributed by atoms with van der Waals surface area (Å²) in [6.45, 7) is 4.02. The summed E-state index contributed by atoms with van der Waals surface area (Å²) >= 11 is 0. The van der Waals surface area contributed by atoms with E-state index >= 15 is 0 Å². The zero-order chi connectivity index (χ0) is 18.4. The van der Waals surface area contributed by atoms with Gasteiger partial charge in [-0.15, -0.1) is 0 Å². The van der Waals surface area contributed by atoms with Crippen LogP contribution in [-0.4, -0.2) is 27.2 Å². The van der Waals surface area contributed by atoms with Crippen molar-refractivity contribution in [2.45, 2.75) is 39.7 Å². The molecule has 1 amide bonds. The molecule has 3 N–H and O–H groups in total. The zero-order valence-corrected chi connectivity index (χ0v) is 14.3. The number of aromatic carboxylic acids is 1. The molecule has 0 spiro atoms. The monoisotopic (exact) mass is 343 g/mol. The zero-order valence-electron chi connectivity index (χ0n) is 14.3. The molecule has 25 heavy (non-hydrogen) atoms. The van der Waals surface area contributed by atoms with Gasteiger partial charge in [0.2, 0.25) is 5.91 Å². The van der Waals surface area contributed by atoms with Crippen LogP contribution in [0.15, 0.2) is 29.1 Å². The number of benzene rings is 1. The van der Waals surface area contributed by atoms with Gasteiger partial charge in [-0.05, 0) is 36.1 Å². The van der Waals surface area contributed by atoms with Gasteiger partial charge in [-0.2, -0.15) is 5.10 Å². The lowest BCUT2D eigenvalue weighted by Gasteiger charge is -2.11. The van der Waals surface area contributed by atoms with E-state index in [1.165, 1.54) is 12.1 Å². The Labute approximate surface area is 145 Å². The number of nitrogens with zero attached hydrogens (tertiary/aromatic N) is 1. The molecule has 0 fully saturated rings. The van der Waals surface area contributed by atoms with Crippen LogP contribution in [0.4, 0.5) is 0 Å². The highest BCUT2D eigenvalue weighted by atomic mass is 16.4. The van der Waals surface area contributed by atoms with Crippen molar-refractivity contribution in [3.63, 3.8) is 0 Å². The number of carbonyl (C=O) groups is 2. The number of aromatic nitrogens is 2. The number of aromatic amines is 1. The second-order valence-corrected chi connectivity index (χ2v) is 5.62. The molecule has 0 saturated carbocycles. The molecule has 0 saturated heterocycles. The van der Waals surface area contributed by atoms with Gasteiger partial charge in [0.1, 0.15) is 0 Å². The summed E-state index contributed by atoms with van der Waals surface area (Å²) in [5, 5.41) is 18.2. The van der Waals surface area contributed by atoms with Crippen molar-refractivity contribution < 1.29 is 14.7 Å². The van der Waals surface area contributed by atoms with Crippen molar-refractivity contribution in [3.05, 3.63) is 62.6 Å². The van der Waals surface area contributed by atoms with Crippen LogP contribution in [0.25, 0.3) is 0 Å². The fraction of sp³-hybridized carbons (Fsp3) is 0.333. The molecule has 0 atom stereocenters. The molecule has 132 valence electrons. The van der Waals surface area contributed by atoms with Crippen molar-refractivity contribution in [1.29, 1.82) is 0 Å². The largest absolute Gasteiger partial charge is 0.478 e. The molecule has 1 aromatic heterocycles. The van der Waals surface area contributed by atoms with Gasteiger partial charge in [0.05, 0.1) is 17.7 Å². The highest BCUT2D eigenvalue weighted by molar-refractivity contribution is 5.88. The molecule has 0 unspecified atom stereocenters. The topological polar surface area (TPSA) is 112 Å². The number of rotatable bonds is 7. The van der Waals surface area contributed by atoms with Gasteiger partial charge in [-0.3, -0.25) is 9.59 Å². The summed E-state index contributed by atoms with van der Waals surface area (Å²) in [6.07, 6.45) is 1.40. The predicted octanol–water partition coefficient (Wildman–Crippen LogP) is 1.45. The van der Waals surface area contributed by atoms with Crippen LogP contribution >= 0.6 is 0 Å². The minimum atomic E-state index is -1.04. The van der Waals surface area contributed by atoms with E-state index in [-0.39, 0.29) is 30.0 Å². The second kappa shape index (κ2) is 8.23. The quantitative estimate of drug-likeness (QED) is 0.704. The number of aryl methyl sites for hydroxylation is 1. The van der Waals surface area contributed by atoms with Gasteiger partial charge >= 0.3 is 5.97 Å². The van der Waals surface area contributed by atoms with Crippen molar-refractivity contribution in [2.24, 2.45) is 0 Å². The second-order valence-electron chi connectivity index (χ2n) is 5.62. The third-order valence-electron chi connectivity index (χ3n) is 3.97. The molecular weight excluding hydrogens is 322 g/mol. The van der Waals surface area contributed by atoms with E-state index in [1.54, 1.807) is 12.1 Å². The van der Waals surface area contributed by atoms with Gasteiger partial charge in [0, 0.05) is 12.1 Å². The third kappa shape index (κ3) is 4.53. The number of carbonyl (C=O) groups excluding carboxylic acids is 1. The molecule has 7 nitrogen and oxygen atoms in total. The molecule has 0 aliphatic carbocycles. The summed E-state index contributed by atoms with van der Waals surface area (Å²) in [6, 6.07) is 6.23. The lowest BCUT2D eigenvalue weighted by atomic mass is 10.0. The number of nitrogens with one attached hydrogen (secondary N) is 2. The van der Waals surface area contributed by atoms with Crippen LogP contribution < -0.4 is 10.9 Å². The summed E-state index contributed by atoms with van der Waals surface area (Å²) in [7, 11) is 0. The summed E-state index contributed by atoms with van der Waals surface area (Å²) in [5.74, 6) is -1.32. The Morgan fingerprint density at radius 2 is 1.96 bits per heavy atom. The summed E-state index contributed by atoms with van der Waals surface area (Å²) in [5.41, 5.74) is 2.63. The number of H-pyrrole nitrogens is 1. The molecule has 1 aromatic carbocycles. The van der Waals surface area contributed by atoms with Crippen LogP contribution in [0.5, 0.6) is 0 Å². The molecule has 0 aliphatic heterocycles. The van der Waals surface area contributed by atoms with Gasteiger partial charge in [0.15, 0.2) is 0 Å². The Morgan fingerprint density at radius 3 is 2.60 bits per heavy atom. The fourth-order valence-electron chi connectivity index (χ4n) is 2.71. The Morgan fingerprint density at radius 1 is 1.20 bits per heavy atom. The number of hydrogen-bond donors (Lipinski definition) is 3. The molecule has 1 heterocycles. The van der Waals surface area contributed by atoms with Gasteiger partial charge in [-0.1, -0.05) is 26.0 Å². The Hall–Kier alpha value is -2.96. The molecule has 2 rings (SSSR count). The van der Waals surface area contributed by atoms with Crippen LogP contribution in [0, 0.1) is 0 Å². The first-order valence-corrected chi connectivity index (χ1v) is 8.14. The first-order chi connectivity index (χ1) is 12.0. The lowest BCUT2D eigenvalue weighted by molar-refractivity contribution is -0.120. The van der Waals surface area contributed by atoms with E-state index in [0.717, 1.165) is 11.3 Å². The SMILES string of the molecule is CCc1n[nH]c(=O)c(CNC(=O)Cc2cccc(C(=O)O)c2)c1CC. The molecule has 0 aliphatic rings. The van der Waals surface area contributed by atoms with Crippen molar-refractivity contribution in [3.8, 4) is 0 Å². The first-order valence-electron chi connectivity index (χ1n) is 8.14. The molecule has 7 heteroatoms. The number of carboxylic acid groups (broad SMARTS) is 1. The van der Waals surface area contributed by atoms with Gasteiger partial charge in [0.25, 0.3) is 5.56 Å². The minimum absolute atomic E-state index is 0.0478. The smallest absolute Gasteiger partial charge is 0.335 e. The maximum absolute atomic E-state index is 12.1. The van der Waals surface area contributed by atoms with Crippen LogP contribution in [-0.2, 0) is 30.6 Å². The molecule has 0 radical (unpaired) electrons. The van der Waals surface area contributed by atoms with Crippen LogP contribution in [0.3, 0.4) is 0 Å². The summed E-state index contributed by atoms with van der Waals surface area (Å²) in [4.78, 5) is 35.1. The van der Waals surface area contributed by atoms with E-state index in [4.69, 9.17) is 5.11 Å². The predicted molar refractivity (Wildman–Crippen MR) is 92.6 cm³/mol. The highest BCUT2D eigenvalue weighted by Gasteiger charge is 2.13. The fourth-order valence-corrected chi connectivity index (χ4v) is 2.71. The van der Waals surface area contributed by atoms with E-state index in [1.807, 2.05) is 13.8 Å². The molecule has 0 bridgehead atoms. The Balaban J connectivity index is 2.09. The first kappa shape index (κ1) is 18.4. The van der Waals surface area contributed by atoms with Gasteiger partial charge < -0.3 is 10.4 Å². The number of carboxylic acids is 1. The van der Waals surface area contributed by atoms with Crippen molar-refractivity contribution in [1.82, 2.24) is 15.5 Å². The normalized spacial score (nSPS) is 10.5. The standard InChI is InChI=1S/C18H21N3O4/c1-3-13-14(17(23)21-20-15(13)4-2)10-19-16(22)9-11-6-5-7-12(8-11)18(24)25/h5-8H,3-4,9-10H2,1-2H3,(H,19,22)(H,21,23)(H,24,25). The van der Waals surface area contributed by atoms with Crippen LogP contribution in [0.2, 0.25) is 0 Å².